The van der Waals surface area contributed by atoms with Gasteiger partial charge in [-0.15, -0.1) is 0 Å². The number of carbonyl (C=O) groups excluding carboxylic acids is 1. The van der Waals surface area contributed by atoms with E-state index in [1.165, 1.54) is 0 Å². The molecule has 0 aromatic heterocycles. The molecule has 0 aromatic rings. The van der Waals surface area contributed by atoms with Crippen LogP contribution in [0.2, 0.25) is 0 Å². The number of carbonyl (C=O) groups is 1. The summed E-state index contributed by atoms with van der Waals surface area (Å²) in [6.07, 6.45) is 2.23. The second-order valence-corrected chi connectivity index (χ2v) is 5.50. The summed E-state index contributed by atoms with van der Waals surface area (Å²) in [4.78, 5) is 13.9. The van der Waals surface area contributed by atoms with Crippen molar-refractivity contribution in [1.29, 1.82) is 0 Å². The van der Waals surface area contributed by atoms with Crippen LogP contribution in [0.15, 0.2) is 0 Å². The van der Waals surface area contributed by atoms with Crippen LogP contribution >= 0.6 is 0 Å². The van der Waals surface area contributed by atoms with Gasteiger partial charge in [-0.05, 0) is 25.3 Å². The molecule has 0 radical (unpaired) electrons. The number of hydrogen-bond donors (Lipinski definition) is 1. The van der Waals surface area contributed by atoms with Crippen molar-refractivity contribution in [2.75, 3.05) is 19.6 Å². The first kappa shape index (κ1) is 13.5. The molecule has 1 aliphatic heterocycles. The van der Waals surface area contributed by atoms with Crippen LogP contribution in [0.3, 0.4) is 0 Å². The van der Waals surface area contributed by atoms with Crippen molar-refractivity contribution < 1.29 is 4.79 Å². The number of likely N-dealkylation sites (tertiary alicyclic amines) is 1. The van der Waals surface area contributed by atoms with Crippen molar-refractivity contribution in [2.45, 2.75) is 46.6 Å². The van der Waals surface area contributed by atoms with E-state index >= 15 is 0 Å². The fourth-order valence-electron chi connectivity index (χ4n) is 2.19. The predicted octanol–water partition coefficient (Wildman–Crippen LogP) is 1.88. The predicted molar refractivity (Wildman–Crippen MR) is 67.3 cm³/mol. The number of hydrogen-bond acceptors (Lipinski definition) is 2. The van der Waals surface area contributed by atoms with Crippen LogP contribution in [0.1, 0.15) is 40.5 Å². The van der Waals surface area contributed by atoms with Gasteiger partial charge in [0.2, 0.25) is 5.91 Å². The average molecular weight is 226 g/mol. The minimum atomic E-state index is 0.235. The molecule has 0 saturated carbocycles. The van der Waals surface area contributed by atoms with Crippen LogP contribution in [-0.4, -0.2) is 36.5 Å². The minimum Gasteiger partial charge on any atom is -0.342 e. The molecule has 3 heteroatoms. The lowest BCUT2D eigenvalue weighted by Gasteiger charge is -2.32. The van der Waals surface area contributed by atoms with Gasteiger partial charge < -0.3 is 10.2 Å². The van der Waals surface area contributed by atoms with Crippen molar-refractivity contribution in [3.8, 4) is 0 Å². The maximum atomic E-state index is 11.9. The van der Waals surface area contributed by atoms with Crippen molar-refractivity contribution in [1.82, 2.24) is 10.2 Å². The Kier molecular flexibility index (Phi) is 5.26. The molecule has 1 aliphatic rings. The molecular weight excluding hydrogens is 200 g/mol. The average Bonchev–Trinajstić information content (AvgIpc) is 2.22. The van der Waals surface area contributed by atoms with Crippen LogP contribution in [-0.2, 0) is 4.79 Å². The van der Waals surface area contributed by atoms with Gasteiger partial charge in [-0.2, -0.15) is 0 Å². The summed E-state index contributed by atoms with van der Waals surface area (Å²) in [5.41, 5.74) is 0. The molecule has 16 heavy (non-hydrogen) atoms. The first-order valence-electron chi connectivity index (χ1n) is 6.53. The van der Waals surface area contributed by atoms with Crippen LogP contribution < -0.4 is 5.32 Å². The summed E-state index contributed by atoms with van der Waals surface area (Å²) in [6.45, 7) is 11.4. The molecule has 3 nitrogen and oxygen atoms in total. The number of piperidine rings is 1. The molecule has 0 bridgehead atoms. The highest BCUT2D eigenvalue weighted by Gasteiger charge is 2.25. The van der Waals surface area contributed by atoms with Crippen LogP contribution in [0.5, 0.6) is 0 Å². The van der Waals surface area contributed by atoms with Gasteiger partial charge >= 0.3 is 0 Å². The van der Waals surface area contributed by atoms with E-state index in [1.54, 1.807) is 0 Å². The number of rotatable bonds is 5. The molecular formula is C13H26N2O. The van der Waals surface area contributed by atoms with Crippen molar-refractivity contribution in [3.63, 3.8) is 0 Å². The van der Waals surface area contributed by atoms with Gasteiger partial charge in [0, 0.05) is 25.0 Å². The van der Waals surface area contributed by atoms with Gasteiger partial charge in [0.25, 0.3) is 0 Å². The Morgan fingerprint density at radius 3 is 2.75 bits per heavy atom. The van der Waals surface area contributed by atoms with E-state index in [2.05, 4.69) is 26.1 Å². The standard InChI is InChI=1S/C13H26N2O/c1-10(2)14-8-11(3)9-15-7-5-6-12(4)13(15)16/h10-12,14H,5-9H2,1-4H3. The third-order valence-electron chi connectivity index (χ3n) is 3.21. The first-order valence-corrected chi connectivity index (χ1v) is 6.53. The number of nitrogens with zero attached hydrogens (tertiary/aromatic N) is 1. The van der Waals surface area contributed by atoms with Crippen LogP contribution in [0, 0.1) is 11.8 Å². The molecule has 0 spiro atoms. The molecule has 1 amide bonds. The van der Waals surface area contributed by atoms with E-state index in [9.17, 15) is 4.79 Å². The molecule has 2 atom stereocenters. The molecule has 1 rings (SSSR count). The zero-order chi connectivity index (χ0) is 12.1. The molecule has 1 saturated heterocycles. The highest BCUT2D eigenvalue weighted by molar-refractivity contribution is 5.79. The van der Waals surface area contributed by atoms with E-state index in [0.29, 0.717) is 17.9 Å². The fourth-order valence-corrected chi connectivity index (χ4v) is 2.19. The lowest BCUT2D eigenvalue weighted by atomic mass is 9.98. The maximum absolute atomic E-state index is 11.9. The SMILES string of the molecule is CC(CNC(C)C)CN1CCCC(C)C1=O. The fraction of sp³-hybridized carbons (Fsp3) is 0.923. The molecule has 0 aromatic carbocycles. The van der Waals surface area contributed by atoms with Gasteiger partial charge in [-0.1, -0.05) is 27.7 Å². The number of nitrogens with one attached hydrogen (secondary N) is 1. The molecule has 1 fully saturated rings. The minimum absolute atomic E-state index is 0.235. The summed E-state index contributed by atoms with van der Waals surface area (Å²) in [7, 11) is 0. The van der Waals surface area contributed by atoms with Gasteiger partial charge in [0.15, 0.2) is 0 Å². The van der Waals surface area contributed by atoms with E-state index in [-0.39, 0.29) is 5.92 Å². The largest absolute Gasteiger partial charge is 0.342 e. The molecule has 2 unspecified atom stereocenters. The second-order valence-electron chi connectivity index (χ2n) is 5.50. The van der Waals surface area contributed by atoms with Gasteiger partial charge in [-0.3, -0.25) is 4.79 Å². The Morgan fingerprint density at radius 2 is 2.12 bits per heavy atom. The normalized spacial score (nSPS) is 23.9. The highest BCUT2D eigenvalue weighted by Crippen LogP contribution is 2.18. The lowest BCUT2D eigenvalue weighted by Crippen LogP contribution is -2.44. The van der Waals surface area contributed by atoms with E-state index < -0.39 is 0 Å². The Labute approximate surface area is 99.6 Å². The van der Waals surface area contributed by atoms with E-state index in [4.69, 9.17) is 0 Å². The van der Waals surface area contributed by atoms with Crippen molar-refractivity contribution in [2.24, 2.45) is 11.8 Å². The summed E-state index contributed by atoms with van der Waals surface area (Å²) < 4.78 is 0. The first-order chi connectivity index (χ1) is 7.50. The topological polar surface area (TPSA) is 32.3 Å². The quantitative estimate of drug-likeness (QED) is 0.776. The third-order valence-corrected chi connectivity index (χ3v) is 3.21. The van der Waals surface area contributed by atoms with Crippen LogP contribution in [0.4, 0.5) is 0 Å². The van der Waals surface area contributed by atoms with Gasteiger partial charge in [-0.25, -0.2) is 0 Å². The summed E-state index contributed by atoms with van der Waals surface area (Å²) in [6, 6.07) is 0.526. The van der Waals surface area contributed by atoms with Gasteiger partial charge in [0.05, 0.1) is 0 Å². The number of amides is 1. The second kappa shape index (κ2) is 6.24. The zero-order valence-electron chi connectivity index (χ0n) is 11.1. The smallest absolute Gasteiger partial charge is 0.225 e. The summed E-state index contributed by atoms with van der Waals surface area (Å²) >= 11 is 0. The van der Waals surface area contributed by atoms with E-state index in [0.717, 1.165) is 32.5 Å². The Morgan fingerprint density at radius 1 is 1.44 bits per heavy atom. The van der Waals surface area contributed by atoms with Crippen molar-refractivity contribution in [3.05, 3.63) is 0 Å². The van der Waals surface area contributed by atoms with Crippen LogP contribution in [0.25, 0.3) is 0 Å². The highest BCUT2D eigenvalue weighted by atomic mass is 16.2. The van der Waals surface area contributed by atoms with E-state index in [1.807, 2.05) is 11.8 Å². The Balaban J connectivity index is 2.32. The maximum Gasteiger partial charge on any atom is 0.225 e. The zero-order valence-corrected chi connectivity index (χ0v) is 11.1. The van der Waals surface area contributed by atoms with Gasteiger partial charge in [0.1, 0.15) is 0 Å². The molecule has 94 valence electrons. The Bertz CT molecular complexity index is 228. The summed E-state index contributed by atoms with van der Waals surface area (Å²) in [5, 5.41) is 3.42. The molecule has 1 heterocycles. The monoisotopic (exact) mass is 226 g/mol. The van der Waals surface area contributed by atoms with Crippen molar-refractivity contribution >= 4 is 5.91 Å². The third kappa shape index (κ3) is 4.12. The molecule has 0 aliphatic carbocycles. The Hall–Kier alpha value is -0.570. The molecule has 1 N–H and O–H groups in total. The lowest BCUT2D eigenvalue weighted by molar-refractivity contribution is -0.138. The summed E-state index contributed by atoms with van der Waals surface area (Å²) in [5.74, 6) is 1.12.